The zero-order valence-electron chi connectivity index (χ0n) is 6.43. The lowest BCUT2D eigenvalue weighted by molar-refractivity contribution is 0.580. The number of rotatable bonds is 3. The standard InChI is InChI=1S/C4H9N5O2S/c1-9-3-6-4(8-9)2-7-12(5,10)11/h3,7H,2H2,1H3,(H2,5,10,11). The lowest BCUT2D eigenvalue weighted by Crippen LogP contribution is -2.30. The van der Waals surface area contributed by atoms with Crippen molar-refractivity contribution in [3.05, 3.63) is 12.2 Å². The second-order valence-electron chi connectivity index (χ2n) is 2.20. The van der Waals surface area contributed by atoms with Crippen molar-refractivity contribution in [3.8, 4) is 0 Å². The van der Waals surface area contributed by atoms with Gasteiger partial charge in [0.1, 0.15) is 6.33 Å². The number of aromatic nitrogens is 3. The third-order valence-electron chi connectivity index (χ3n) is 1.08. The zero-order chi connectivity index (χ0) is 9.19. The highest BCUT2D eigenvalue weighted by Gasteiger charge is 2.03. The molecular weight excluding hydrogens is 182 g/mol. The molecule has 7 nitrogen and oxygen atoms in total. The third-order valence-corrected chi connectivity index (χ3v) is 1.63. The fraction of sp³-hybridized carbons (Fsp3) is 0.500. The summed E-state index contributed by atoms with van der Waals surface area (Å²) in [5, 5.41) is 8.53. The molecule has 0 saturated carbocycles. The van der Waals surface area contributed by atoms with Crippen molar-refractivity contribution in [2.45, 2.75) is 6.54 Å². The Bertz CT molecular complexity index is 355. The molecule has 68 valence electrons. The van der Waals surface area contributed by atoms with Crippen LogP contribution in [0.5, 0.6) is 0 Å². The summed E-state index contributed by atoms with van der Waals surface area (Å²) >= 11 is 0. The number of aryl methyl sites for hydroxylation is 1. The van der Waals surface area contributed by atoms with E-state index < -0.39 is 10.2 Å². The molecule has 1 rings (SSSR count). The topological polar surface area (TPSA) is 103 Å². The van der Waals surface area contributed by atoms with E-state index in [4.69, 9.17) is 0 Å². The minimum absolute atomic E-state index is 0.0136. The van der Waals surface area contributed by atoms with Gasteiger partial charge in [-0.05, 0) is 0 Å². The Balaban J connectivity index is 2.55. The molecule has 0 aromatic carbocycles. The Hall–Kier alpha value is -0.990. The molecule has 0 aliphatic rings. The van der Waals surface area contributed by atoms with E-state index in [0.717, 1.165) is 0 Å². The fourth-order valence-electron chi connectivity index (χ4n) is 0.630. The quantitative estimate of drug-likeness (QED) is 0.582. The van der Waals surface area contributed by atoms with Gasteiger partial charge in [0.15, 0.2) is 5.82 Å². The second kappa shape index (κ2) is 3.17. The van der Waals surface area contributed by atoms with E-state index in [2.05, 4.69) is 19.9 Å². The molecule has 0 bridgehead atoms. The van der Waals surface area contributed by atoms with E-state index in [-0.39, 0.29) is 6.54 Å². The van der Waals surface area contributed by atoms with Crippen LogP contribution >= 0.6 is 0 Å². The van der Waals surface area contributed by atoms with Gasteiger partial charge in [-0.2, -0.15) is 18.2 Å². The van der Waals surface area contributed by atoms with Gasteiger partial charge in [0.2, 0.25) is 0 Å². The average Bonchev–Trinajstić information content (AvgIpc) is 2.30. The van der Waals surface area contributed by atoms with Crippen LogP contribution in [0.4, 0.5) is 0 Å². The Kier molecular flexibility index (Phi) is 2.40. The number of hydrogen-bond acceptors (Lipinski definition) is 4. The first kappa shape index (κ1) is 9.10. The Morgan fingerprint density at radius 2 is 2.42 bits per heavy atom. The number of nitrogens with one attached hydrogen (secondary N) is 1. The van der Waals surface area contributed by atoms with E-state index in [1.807, 2.05) is 0 Å². The number of nitrogens with zero attached hydrogens (tertiary/aromatic N) is 3. The number of nitrogens with two attached hydrogens (primary N) is 1. The molecule has 0 spiro atoms. The lowest BCUT2D eigenvalue weighted by Gasteiger charge is -1.95. The first-order valence-corrected chi connectivity index (χ1v) is 4.64. The molecule has 1 aromatic rings. The molecular formula is C4H9N5O2S. The first-order chi connectivity index (χ1) is 5.47. The molecule has 8 heteroatoms. The summed E-state index contributed by atoms with van der Waals surface area (Å²) in [6.45, 7) is 0.0136. The Morgan fingerprint density at radius 3 is 2.83 bits per heavy atom. The fourth-order valence-corrected chi connectivity index (χ4v) is 0.960. The van der Waals surface area contributed by atoms with Crippen LogP contribution in [0.25, 0.3) is 0 Å². The summed E-state index contributed by atoms with van der Waals surface area (Å²) in [5.41, 5.74) is 0. The van der Waals surface area contributed by atoms with Gasteiger partial charge in [-0.1, -0.05) is 0 Å². The van der Waals surface area contributed by atoms with Crippen molar-refractivity contribution in [2.75, 3.05) is 0 Å². The molecule has 0 aliphatic heterocycles. The van der Waals surface area contributed by atoms with Crippen molar-refractivity contribution in [1.82, 2.24) is 19.5 Å². The van der Waals surface area contributed by atoms with Gasteiger partial charge < -0.3 is 0 Å². The van der Waals surface area contributed by atoms with E-state index >= 15 is 0 Å². The smallest absolute Gasteiger partial charge is 0.256 e. The SMILES string of the molecule is Cn1cnc(CNS(N)(=O)=O)n1. The van der Waals surface area contributed by atoms with Gasteiger partial charge in [-0.15, -0.1) is 0 Å². The third kappa shape index (κ3) is 2.95. The molecule has 0 aliphatic carbocycles. The monoisotopic (exact) mass is 191 g/mol. The maximum Gasteiger partial charge on any atom is 0.274 e. The van der Waals surface area contributed by atoms with E-state index in [1.54, 1.807) is 7.05 Å². The summed E-state index contributed by atoms with van der Waals surface area (Å²) in [6, 6.07) is 0. The Morgan fingerprint density at radius 1 is 1.75 bits per heavy atom. The summed E-state index contributed by atoms with van der Waals surface area (Å²) in [5.74, 6) is 0.381. The van der Waals surface area contributed by atoms with Crippen LogP contribution in [0.15, 0.2) is 6.33 Å². The van der Waals surface area contributed by atoms with Crippen molar-refractivity contribution >= 4 is 10.2 Å². The van der Waals surface area contributed by atoms with Crippen LogP contribution < -0.4 is 9.86 Å². The normalized spacial score (nSPS) is 11.8. The molecule has 0 saturated heterocycles. The summed E-state index contributed by atoms with van der Waals surface area (Å²) < 4.78 is 24.4. The molecule has 0 atom stereocenters. The van der Waals surface area contributed by atoms with Gasteiger partial charge in [0.25, 0.3) is 10.2 Å². The van der Waals surface area contributed by atoms with Crippen LogP contribution in [-0.4, -0.2) is 23.2 Å². The van der Waals surface area contributed by atoms with Crippen LogP contribution in [0.3, 0.4) is 0 Å². The molecule has 0 amide bonds. The highest BCUT2D eigenvalue weighted by molar-refractivity contribution is 7.87. The van der Waals surface area contributed by atoms with Crippen LogP contribution in [-0.2, 0) is 23.8 Å². The summed E-state index contributed by atoms with van der Waals surface area (Å²) in [7, 11) is -1.96. The molecule has 0 unspecified atom stereocenters. The van der Waals surface area contributed by atoms with Crippen LogP contribution in [0.2, 0.25) is 0 Å². The van der Waals surface area contributed by atoms with Crippen molar-refractivity contribution in [2.24, 2.45) is 12.2 Å². The predicted octanol–water partition coefficient (Wildman–Crippen LogP) is -1.89. The molecule has 3 N–H and O–H groups in total. The molecule has 0 radical (unpaired) electrons. The van der Waals surface area contributed by atoms with Crippen LogP contribution in [0.1, 0.15) is 5.82 Å². The first-order valence-electron chi connectivity index (χ1n) is 3.09. The van der Waals surface area contributed by atoms with Crippen molar-refractivity contribution in [1.29, 1.82) is 0 Å². The maximum atomic E-state index is 10.4. The van der Waals surface area contributed by atoms with E-state index in [0.29, 0.717) is 5.82 Å². The van der Waals surface area contributed by atoms with Crippen LogP contribution in [0, 0.1) is 0 Å². The largest absolute Gasteiger partial charge is 0.274 e. The van der Waals surface area contributed by atoms with Gasteiger partial charge >= 0.3 is 0 Å². The molecule has 0 fully saturated rings. The van der Waals surface area contributed by atoms with E-state index in [9.17, 15) is 8.42 Å². The maximum absolute atomic E-state index is 10.4. The predicted molar refractivity (Wildman–Crippen MR) is 40.9 cm³/mol. The highest BCUT2D eigenvalue weighted by Crippen LogP contribution is 1.86. The summed E-state index contributed by atoms with van der Waals surface area (Å²) in [6.07, 6.45) is 1.47. The van der Waals surface area contributed by atoms with Gasteiger partial charge in [-0.25, -0.2) is 10.1 Å². The lowest BCUT2D eigenvalue weighted by atomic mass is 10.6. The second-order valence-corrected chi connectivity index (χ2v) is 3.58. The zero-order valence-corrected chi connectivity index (χ0v) is 7.24. The molecule has 1 heterocycles. The Labute approximate surface area is 69.8 Å². The van der Waals surface area contributed by atoms with Gasteiger partial charge in [0.05, 0.1) is 6.54 Å². The minimum atomic E-state index is -3.65. The van der Waals surface area contributed by atoms with Crippen molar-refractivity contribution in [3.63, 3.8) is 0 Å². The van der Waals surface area contributed by atoms with E-state index in [1.165, 1.54) is 11.0 Å². The molecule has 12 heavy (non-hydrogen) atoms. The number of hydrogen-bond donors (Lipinski definition) is 2. The summed E-state index contributed by atoms with van der Waals surface area (Å²) in [4.78, 5) is 3.79. The van der Waals surface area contributed by atoms with Gasteiger partial charge in [0, 0.05) is 7.05 Å². The molecule has 1 aromatic heterocycles. The minimum Gasteiger partial charge on any atom is -0.256 e. The van der Waals surface area contributed by atoms with Crippen molar-refractivity contribution < 1.29 is 8.42 Å². The average molecular weight is 191 g/mol. The van der Waals surface area contributed by atoms with Gasteiger partial charge in [-0.3, -0.25) is 4.68 Å². The highest BCUT2D eigenvalue weighted by atomic mass is 32.2.